The number of rotatable bonds is 6. The highest BCUT2D eigenvalue weighted by molar-refractivity contribution is 5.95. The Hall–Kier alpha value is -2.86. The number of carbonyl (C=O) groups is 1. The number of hydrogen-bond acceptors (Lipinski definition) is 4. The molecular formula is C23H26N2O4. The van der Waals surface area contributed by atoms with E-state index in [2.05, 4.69) is 11.1 Å². The van der Waals surface area contributed by atoms with Gasteiger partial charge in [0.1, 0.15) is 11.3 Å². The SMILES string of the molecule is CCOC1CCN(C(=O)c2c(C)cc(CCc3c[nH]c4ccccc34)oc2=O)C1. The zero-order chi connectivity index (χ0) is 20.4. The molecule has 29 heavy (non-hydrogen) atoms. The van der Waals surface area contributed by atoms with E-state index in [1.807, 2.05) is 37.4 Å². The third kappa shape index (κ3) is 3.98. The Balaban J connectivity index is 1.48. The average Bonchev–Trinajstić information content (AvgIpc) is 3.33. The molecule has 6 nitrogen and oxygen atoms in total. The predicted octanol–water partition coefficient (Wildman–Crippen LogP) is 3.47. The van der Waals surface area contributed by atoms with Gasteiger partial charge in [-0.25, -0.2) is 4.79 Å². The molecule has 0 saturated carbocycles. The van der Waals surface area contributed by atoms with Crippen molar-refractivity contribution >= 4 is 16.8 Å². The van der Waals surface area contributed by atoms with E-state index in [1.54, 1.807) is 11.8 Å². The highest BCUT2D eigenvalue weighted by atomic mass is 16.5. The first-order valence-corrected chi connectivity index (χ1v) is 10.2. The first-order chi connectivity index (χ1) is 14.1. The number of aryl methyl sites for hydroxylation is 3. The summed E-state index contributed by atoms with van der Waals surface area (Å²) in [6.45, 7) is 5.49. The van der Waals surface area contributed by atoms with Crippen LogP contribution in [0, 0.1) is 6.92 Å². The quantitative estimate of drug-likeness (QED) is 0.695. The average molecular weight is 394 g/mol. The van der Waals surface area contributed by atoms with E-state index in [9.17, 15) is 9.59 Å². The summed E-state index contributed by atoms with van der Waals surface area (Å²) >= 11 is 0. The summed E-state index contributed by atoms with van der Waals surface area (Å²) in [6.07, 6.45) is 4.19. The number of nitrogens with zero attached hydrogens (tertiary/aromatic N) is 1. The summed E-state index contributed by atoms with van der Waals surface area (Å²) in [4.78, 5) is 30.4. The van der Waals surface area contributed by atoms with Crippen LogP contribution < -0.4 is 5.63 Å². The van der Waals surface area contributed by atoms with Crippen LogP contribution in [0.2, 0.25) is 0 Å². The first kappa shape index (κ1) is 19.5. The summed E-state index contributed by atoms with van der Waals surface area (Å²) in [7, 11) is 0. The van der Waals surface area contributed by atoms with Crippen molar-refractivity contribution in [2.75, 3.05) is 19.7 Å². The number of hydrogen-bond donors (Lipinski definition) is 1. The van der Waals surface area contributed by atoms with E-state index in [4.69, 9.17) is 9.15 Å². The molecule has 3 heterocycles. The summed E-state index contributed by atoms with van der Waals surface area (Å²) < 4.78 is 11.1. The van der Waals surface area contributed by atoms with E-state index in [0.29, 0.717) is 37.4 Å². The van der Waals surface area contributed by atoms with Crippen LogP contribution in [0.5, 0.6) is 0 Å². The van der Waals surface area contributed by atoms with Gasteiger partial charge in [-0.3, -0.25) is 4.79 Å². The molecule has 1 unspecified atom stereocenters. The maximum Gasteiger partial charge on any atom is 0.349 e. The second-order valence-corrected chi connectivity index (χ2v) is 7.53. The first-order valence-electron chi connectivity index (χ1n) is 10.2. The number of nitrogens with one attached hydrogen (secondary N) is 1. The minimum atomic E-state index is -0.552. The zero-order valence-corrected chi connectivity index (χ0v) is 16.9. The molecule has 1 aliphatic heterocycles. The summed E-state index contributed by atoms with van der Waals surface area (Å²) in [5.41, 5.74) is 2.53. The van der Waals surface area contributed by atoms with Crippen LogP contribution in [-0.4, -0.2) is 41.6 Å². The van der Waals surface area contributed by atoms with E-state index in [1.165, 1.54) is 10.9 Å². The number of ether oxygens (including phenoxy) is 1. The van der Waals surface area contributed by atoms with E-state index in [-0.39, 0.29) is 17.6 Å². The molecule has 0 spiro atoms. The minimum Gasteiger partial charge on any atom is -0.427 e. The van der Waals surface area contributed by atoms with Crippen LogP contribution in [0.1, 0.15) is 40.6 Å². The number of benzene rings is 1. The molecule has 3 aromatic rings. The molecule has 1 saturated heterocycles. The molecule has 0 aliphatic carbocycles. The highest BCUT2D eigenvalue weighted by Gasteiger charge is 2.30. The van der Waals surface area contributed by atoms with Crippen molar-refractivity contribution in [2.45, 2.75) is 39.2 Å². The maximum atomic E-state index is 12.8. The minimum absolute atomic E-state index is 0.0479. The number of aromatic nitrogens is 1. The maximum absolute atomic E-state index is 12.8. The number of amides is 1. The van der Waals surface area contributed by atoms with Gasteiger partial charge in [0.2, 0.25) is 0 Å². The Morgan fingerprint density at radius 1 is 1.31 bits per heavy atom. The van der Waals surface area contributed by atoms with Crippen LogP contribution in [-0.2, 0) is 17.6 Å². The molecule has 1 aliphatic rings. The smallest absolute Gasteiger partial charge is 0.349 e. The second kappa shape index (κ2) is 8.25. The third-order valence-corrected chi connectivity index (χ3v) is 5.56. The molecule has 0 bridgehead atoms. The molecule has 1 aromatic carbocycles. The number of aromatic amines is 1. The lowest BCUT2D eigenvalue weighted by Crippen LogP contribution is -2.34. The Labute approximate surface area is 169 Å². The van der Waals surface area contributed by atoms with Crippen LogP contribution in [0.4, 0.5) is 0 Å². The van der Waals surface area contributed by atoms with Gasteiger partial charge in [-0.15, -0.1) is 0 Å². The van der Waals surface area contributed by atoms with Gasteiger partial charge in [-0.05, 0) is 49.9 Å². The van der Waals surface area contributed by atoms with Crippen molar-refractivity contribution in [1.82, 2.24) is 9.88 Å². The van der Waals surface area contributed by atoms with Gasteiger partial charge in [0.05, 0.1) is 6.10 Å². The summed E-state index contributed by atoms with van der Waals surface area (Å²) in [5.74, 6) is 0.338. The molecule has 6 heteroatoms. The van der Waals surface area contributed by atoms with Crippen molar-refractivity contribution in [3.05, 3.63) is 69.4 Å². The van der Waals surface area contributed by atoms with E-state index >= 15 is 0 Å². The monoisotopic (exact) mass is 394 g/mol. The molecule has 1 amide bonds. The van der Waals surface area contributed by atoms with Crippen LogP contribution in [0.25, 0.3) is 10.9 Å². The van der Waals surface area contributed by atoms with Gasteiger partial charge in [0, 0.05) is 43.2 Å². The lowest BCUT2D eigenvalue weighted by Gasteiger charge is -2.17. The normalized spacial score (nSPS) is 16.6. The van der Waals surface area contributed by atoms with Crippen molar-refractivity contribution in [3.8, 4) is 0 Å². The fourth-order valence-electron chi connectivity index (χ4n) is 4.09. The molecule has 0 radical (unpaired) electrons. The summed E-state index contributed by atoms with van der Waals surface area (Å²) in [6, 6.07) is 9.95. The van der Waals surface area contributed by atoms with Gasteiger partial charge in [-0.1, -0.05) is 18.2 Å². The van der Waals surface area contributed by atoms with Gasteiger partial charge < -0.3 is 19.0 Å². The molecule has 1 atom stereocenters. The van der Waals surface area contributed by atoms with E-state index in [0.717, 1.165) is 18.4 Å². The standard InChI is InChI=1S/C23H26N2O4/c1-3-28-18-10-11-25(14-18)22(26)21-15(2)12-17(29-23(21)27)9-8-16-13-24-20-7-5-4-6-19(16)20/h4-7,12-13,18,24H,3,8-11,14H2,1-2H3. The van der Waals surface area contributed by atoms with Crippen LogP contribution in [0.3, 0.4) is 0 Å². The fourth-order valence-corrected chi connectivity index (χ4v) is 4.09. The van der Waals surface area contributed by atoms with Gasteiger partial charge >= 0.3 is 5.63 Å². The summed E-state index contributed by atoms with van der Waals surface area (Å²) in [5, 5.41) is 1.18. The van der Waals surface area contributed by atoms with Crippen molar-refractivity contribution in [1.29, 1.82) is 0 Å². The molecule has 1 N–H and O–H groups in total. The molecule has 1 fully saturated rings. The largest absolute Gasteiger partial charge is 0.427 e. The Morgan fingerprint density at radius 3 is 2.93 bits per heavy atom. The lowest BCUT2D eigenvalue weighted by molar-refractivity contribution is 0.0595. The Kier molecular flexibility index (Phi) is 5.53. The molecule has 2 aromatic heterocycles. The number of H-pyrrole nitrogens is 1. The molecular weight excluding hydrogens is 368 g/mol. The van der Waals surface area contributed by atoms with Crippen molar-refractivity contribution in [2.24, 2.45) is 0 Å². The Morgan fingerprint density at radius 2 is 2.14 bits per heavy atom. The predicted molar refractivity (Wildman–Crippen MR) is 111 cm³/mol. The van der Waals surface area contributed by atoms with Gasteiger partial charge in [0.15, 0.2) is 0 Å². The number of likely N-dealkylation sites (tertiary alicyclic amines) is 1. The topological polar surface area (TPSA) is 75.5 Å². The Bertz CT molecular complexity index is 1080. The van der Waals surface area contributed by atoms with Crippen LogP contribution in [0.15, 0.2) is 45.7 Å². The van der Waals surface area contributed by atoms with Gasteiger partial charge in [-0.2, -0.15) is 0 Å². The zero-order valence-electron chi connectivity index (χ0n) is 16.9. The lowest BCUT2D eigenvalue weighted by atomic mass is 10.1. The van der Waals surface area contributed by atoms with Crippen molar-refractivity contribution < 1.29 is 13.9 Å². The van der Waals surface area contributed by atoms with E-state index < -0.39 is 5.63 Å². The molecule has 4 rings (SSSR count). The van der Waals surface area contributed by atoms with Crippen LogP contribution >= 0.6 is 0 Å². The highest BCUT2D eigenvalue weighted by Crippen LogP contribution is 2.21. The third-order valence-electron chi connectivity index (χ3n) is 5.56. The fraction of sp³-hybridized carbons (Fsp3) is 0.391. The molecule has 152 valence electrons. The number of fused-ring (bicyclic) bond motifs is 1. The number of carbonyl (C=O) groups excluding carboxylic acids is 1. The second-order valence-electron chi connectivity index (χ2n) is 7.53. The number of para-hydroxylation sites is 1. The van der Waals surface area contributed by atoms with Gasteiger partial charge in [0.25, 0.3) is 5.91 Å². The van der Waals surface area contributed by atoms with Crippen molar-refractivity contribution in [3.63, 3.8) is 0 Å².